The van der Waals surface area contributed by atoms with Crippen molar-refractivity contribution in [3.8, 4) is 0 Å². The van der Waals surface area contributed by atoms with Crippen LogP contribution in [0.3, 0.4) is 0 Å². The Kier molecular flexibility index (Phi) is 5.87. The molecule has 2 aromatic carbocycles. The molecule has 0 aromatic heterocycles. The highest BCUT2D eigenvalue weighted by molar-refractivity contribution is 6.09. The SMILES string of the molecule is CCc1ccc(CN(C)C(=O)CN2C(=O)N[C@](C)(c3cc(F)ccc3F)C2=O)cc1. The van der Waals surface area contributed by atoms with E-state index >= 15 is 0 Å². The van der Waals surface area contributed by atoms with Gasteiger partial charge < -0.3 is 10.2 Å². The van der Waals surface area contributed by atoms with Crippen LogP contribution in [0.15, 0.2) is 42.5 Å². The summed E-state index contributed by atoms with van der Waals surface area (Å²) < 4.78 is 27.8. The monoisotopic (exact) mass is 415 g/mol. The van der Waals surface area contributed by atoms with Crippen LogP contribution in [0, 0.1) is 11.6 Å². The number of amides is 4. The first-order chi connectivity index (χ1) is 14.2. The summed E-state index contributed by atoms with van der Waals surface area (Å²) in [6.45, 7) is 3.14. The number of nitrogens with one attached hydrogen (secondary N) is 1. The molecule has 6 nitrogen and oxygen atoms in total. The Bertz CT molecular complexity index is 994. The Morgan fingerprint density at radius 2 is 1.73 bits per heavy atom. The third kappa shape index (κ3) is 4.03. The zero-order valence-electron chi connectivity index (χ0n) is 17.0. The molecule has 1 aliphatic heterocycles. The number of rotatable bonds is 6. The van der Waals surface area contributed by atoms with E-state index in [9.17, 15) is 23.2 Å². The molecular formula is C22H23F2N3O3. The van der Waals surface area contributed by atoms with Crippen molar-refractivity contribution in [3.63, 3.8) is 0 Å². The maximum Gasteiger partial charge on any atom is 0.325 e. The second kappa shape index (κ2) is 8.22. The molecule has 1 aliphatic rings. The molecule has 3 rings (SSSR count). The lowest BCUT2D eigenvalue weighted by atomic mass is 9.91. The number of nitrogens with zero attached hydrogens (tertiary/aromatic N) is 2. The molecule has 0 radical (unpaired) electrons. The minimum absolute atomic E-state index is 0.292. The number of carbonyl (C=O) groups excluding carboxylic acids is 3. The second-order valence-electron chi connectivity index (χ2n) is 7.49. The topological polar surface area (TPSA) is 69.7 Å². The van der Waals surface area contributed by atoms with Gasteiger partial charge >= 0.3 is 6.03 Å². The molecule has 1 heterocycles. The summed E-state index contributed by atoms with van der Waals surface area (Å²) in [5.41, 5.74) is 0.000911. The molecule has 2 aromatic rings. The van der Waals surface area contributed by atoms with Crippen molar-refractivity contribution < 1.29 is 23.2 Å². The van der Waals surface area contributed by atoms with Crippen molar-refractivity contribution in [2.75, 3.05) is 13.6 Å². The summed E-state index contributed by atoms with van der Waals surface area (Å²) in [5.74, 6) is -2.83. The van der Waals surface area contributed by atoms with Gasteiger partial charge in [0.1, 0.15) is 23.7 Å². The van der Waals surface area contributed by atoms with Crippen LogP contribution in [0.5, 0.6) is 0 Å². The van der Waals surface area contributed by atoms with Gasteiger partial charge in [0, 0.05) is 19.2 Å². The van der Waals surface area contributed by atoms with Crippen LogP contribution in [-0.4, -0.2) is 41.2 Å². The number of likely N-dealkylation sites (N-methyl/N-ethyl adjacent to an activating group) is 1. The lowest BCUT2D eigenvalue weighted by Crippen LogP contribution is -2.44. The maximum atomic E-state index is 14.2. The van der Waals surface area contributed by atoms with E-state index in [0.29, 0.717) is 6.54 Å². The van der Waals surface area contributed by atoms with Gasteiger partial charge in [-0.2, -0.15) is 0 Å². The number of aryl methyl sites for hydroxylation is 1. The van der Waals surface area contributed by atoms with E-state index in [2.05, 4.69) is 5.32 Å². The normalized spacial score (nSPS) is 18.5. The minimum atomic E-state index is -1.79. The molecule has 0 aliphatic carbocycles. The third-order valence-corrected chi connectivity index (χ3v) is 5.31. The number of hydrogen-bond acceptors (Lipinski definition) is 3. The first-order valence-corrected chi connectivity index (χ1v) is 9.57. The van der Waals surface area contributed by atoms with Crippen LogP contribution < -0.4 is 5.32 Å². The summed E-state index contributed by atoms with van der Waals surface area (Å²) >= 11 is 0. The van der Waals surface area contributed by atoms with Crippen LogP contribution in [0.4, 0.5) is 13.6 Å². The summed E-state index contributed by atoms with van der Waals surface area (Å²) in [6, 6.07) is 9.63. The largest absolute Gasteiger partial charge is 0.340 e. The number of imide groups is 1. The quantitative estimate of drug-likeness (QED) is 0.738. The van der Waals surface area contributed by atoms with Crippen molar-refractivity contribution >= 4 is 17.8 Å². The van der Waals surface area contributed by atoms with Crippen LogP contribution in [0.2, 0.25) is 0 Å². The van der Waals surface area contributed by atoms with Gasteiger partial charge in [-0.1, -0.05) is 31.2 Å². The molecule has 1 saturated heterocycles. The molecule has 0 saturated carbocycles. The lowest BCUT2D eigenvalue weighted by Gasteiger charge is -2.23. The van der Waals surface area contributed by atoms with Crippen molar-refractivity contribution in [3.05, 3.63) is 70.8 Å². The van der Waals surface area contributed by atoms with Gasteiger partial charge in [0.05, 0.1) is 0 Å². The zero-order chi connectivity index (χ0) is 22.1. The van der Waals surface area contributed by atoms with E-state index in [1.54, 1.807) is 7.05 Å². The molecule has 0 bridgehead atoms. The van der Waals surface area contributed by atoms with E-state index in [0.717, 1.165) is 35.1 Å². The average Bonchev–Trinajstić information content (AvgIpc) is 2.94. The van der Waals surface area contributed by atoms with Gasteiger partial charge in [0.15, 0.2) is 0 Å². The van der Waals surface area contributed by atoms with E-state index in [1.165, 1.54) is 17.4 Å². The summed E-state index contributed by atoms with van der Waals surface area (Å²) in [5, 5.41) is 2.38. The Hall–Kier alpha value is -3.29. The Morgan fingerprint density at radius 3 is 2.37 bits per heavy atom. The van der Waals surface area contributed by atoms with Crippen molar-refractivity contribution in [1.82, 2.24) is 15.1 Å². The predicted molar refractivity (Wildman–Crippen MR) is 106 cm³/mol. The highest BCUT2D eigenvalue weighted by Crippen LogP contribution is 2.31. The first-order valence-electron chi connectivity index (χ1n) is 9.57. The van der Waals surface area contributed by atoms with Gasteiger partial charge in [-0.15, -0.1) is 0 Å². The fourth-order valence-corrected chi connectivity index (χ4v) is 3.40. The van der Waals surface area contributed by atoms with E-state index in [4.69, 9.17) is 0 Å². The molecule has 8 heteroatoms. The molecular weight excluding hydrogens is 392 g/mol. The molecule has 158 valence electrons. The molecule has 1 fully saturated rings. The Morgan fingerprint density at radius 1 is 1.10 bits per heavy atom. The van der Waals surface area contributed by atoms with Crippen LogP contribution in [0.25, 0.3) is 0 Å². The Labute approximate surface area is 173 Å². The van der Waals surface area contributed by atoms with Gasteiger partial charge in [-0.25, -0.2) is 13.6 Å². The summed E-state index contributed by atoms with van der Waals surface area (Å²) in [4.78, 5) is 40.0. The van der Waals surface area contributed by atoms with Crippen LogP contribution >= 0.6 is 0 Å². The average molecular weight is 415 g/mol. The number of carbonyl (C=O) groups is 3. The predicted octanol–water partition coefficient (Wildman–Crippen LogP) is 2.95. The van der Waals surface area contributed by atoms with E-state index < -0.39 is 41.6 Å². The fraction of sp³-hybridized carbons (Fsp3) is 0.318. The summed E-state index contributed by atoms with van der Waals surface area (Å²) in [6.07, 6.45) is 0.909. The standard InChI is InChI=1S/C22H23F2N3O3/c1-4-14-5-7-15(8-6-14)12-26(3)19(28)13-27-20(29)22(2,25-21(27)30)17-11-16(23)9-10-18(17)24/h5-11H,4,12-13H2,1-3H3,(H,25,30)/t22-/m1/s1. The zero-order valence-corrected chi connectivity index (χ0v) is 17.0. The van der Waals surface area contributed by atoms with Gasteiger partial charge in [-0.3, -0.25) is 14.5 Å². The Balaban J connectivity index is 1.72. The maximum absolute atomic E-state index is 14.2. The lowest BCUT2D eigenvalue weighted by molar-refractivity contribution is -0.138. The number of urea groups is 1. The molecule has 0 unspecified atom stereocenters. The molecule has 1 N–H and O–H groups in total. The second-order valence-corrected chi connectivity index (χ2v) is 7.49. The highest BCUT2D eigenvalue weighted by atomic mass is 19.1. The van der Waals surface area contributed by atoms with Crippen molar-refractivity contribution in [1.29, 1.82) is 0 Å². The van der Waals surface area contributed by atoms with E-state index in [1.807, 2.05) is 31.2 Å². The molecule has 0 spiro atoms. The summed E-state index contributed by atoms with van der Waals surface area (Å²) in [7, 11) is 1.57. The van der Waals surface area contributed by atoms with Crippen molar-refractivity contribution in [2.24, 2.45) is 0 Å². The number of benzene rings is 2. The molecule has 30 heavy (non-hydrogen) atoms. The minimum Gasteiger partial charge on any atom is -0.340 e. The van der Waals surface area contributed by atoms with Gasteiger partial charge in [-0.05, 0) is 42.7 Å². The first kappa shape index (κ1) is 21.4. The number of hydrogen-bond donors (Lipinski definition) is 1. The molecule has 4 amide bonds. The van der Waals surface area contributed by atoms with E-state index in [-0.39, 0.29) is 5.56 Å². The number of halogens is 2. The van der Waals surface area contributed by atoms with Gasteiger partial charge in [0.2, 0.25) is 5.91 Å². The van der Waals surface area contributed by atoms with Crippen LogP contribution in [0.1, 0.15) is 30.5 Å². The smallest absolute Gasteiger partial charge is 0.325 e. The molecule has 1 atom stereocenters. The highest BCUT2D eigenvalue weighted by Gasteiger charge is 2.51. The third-order valence-electron chi connectivity index (χ3n) is 5.31. The van der Waals surface area contributed by atoms with Gasteiger partial charge in [0.25, 0.3) is 5.91 Å². The fourth-order valence-electron chi connectivity index (χ4n) is 3.40. The van der Waals surface area contributed by atoms with Crippen molar-refractivity contribution in [2.45, 2.75) is 32.4 Å². The van der Waals surface area contributed by atoms with Crippen LogP contribution in [-0.2, 0) is 28.1 Å².